The van der Waals surface area contributed by atoms with Gasteiger partial charge >= 0.3 is 6.03 Å². The molecular weight excluding hydrogens is 546 g/mol. The van der Waals surface area contributed by atoms with Gasteiger partial charge in [0.1, 0.15) is 0 Å². The summed E-state index contributed by atoms with van der Waals surface area (Å²) in [4.78, 5) is 12.7. The molecule has 1 aromatic heterocycles. The van der Waals surface area contributed by atoms with Gasteiger partial charge in [-0.2, -0.15) is 0 Å². The number of urea groups is 1. The standard InChI is InChI=1S/C26H25BrClN5OS/c1-16-7-4-5-8-19(16)15-35-26-32-31-24(33(26)23-14-21(28)12-11-17(23)2)18(3)29-25(34)30-22-10-6-9-20(27)13-22/h4-14,18H,15H2,1-3H3,(H2,29,30,34). The predicted octanol–water partition coefficient (Wildman–Crippen LogP) is 7.48. The van der Waals surface area contributed by atoms with Crippen LogP contribution in [0.5, 0.6) is 0 Å². The molecular formula is C26H25BrClN5OS. The molecule has 6 nitrogen and oxygen atoms in total. The van der Waals surface area contributed by atoms with Gasteiger partial charge in [0.2, 0.25) is 0 Å². The third-order valence-corrected chi connectivity index (χ3v) is 7.21. The van der Waals surface area contributed by atoms with E-state index in [0.717, 1.165) is 26.6 Å². The summed E-state index contributed by atoms with van der Waals surface area (Å²) in [6.45, 7) is 6.00. The van der Waals surface area contributed by atoms with Crippen LogP contribution >= 0.6 is 39.3 Å². The van der Waals surface area contributed by atoms with Gasteiger partial charge in [-0.25, -0.2) is 4.79 Å². The molecule has 0 spiro atoms. The molecule has 1 heterocycles. The van der Waals surface area contributed by atoms with Gasteiger partial charge in [-0.05, 0) is 67.8 Å². The minimum Gasteiger partial charge on any atom is -0.328 e. The van der Waals surface area contributed by atoms with Crippen molar-refractivity contribution in [1.82, 2.24) is 20.1 Å². The molecule has 2 amide bonds. The van der Waals surface area contributed by atoms with Crippen LogP contribution in [0.15, 0.2) is 76.4 Å². The molecule has 1 atom stereocenters. The molecule has 2 N–H and O–H groups in total. The summed E-state index contributed by atoms with van der Waals surface area (Å²) in [6, 6.07) is 20.7. The van der Waals surface area contributed by atoms with Crippen molar-refractivity contribution in [2.75, 3.05) is 5.32 Å². The zero-order valence-corrected chi connectivity index (χ0v) is 22.7. The Morgan fingerprint density at radius 1 is 1.06 bits per heavy atom. The van der Waals surface area contributed by atoms with Gasteiger partial charge in [-0.15, -0.1) is 10.2 Å². The number of aromatic nitrogens is 3. The highest BCUT2D eigenvalue weighted by molar-refractivity contribution is 9.10. The molecule has 4 aromatic rings. The van der Waals surface area contributed by atoms with Gasteiger partial charge in [0, 0.05) is 20.9 Å². The number of thioether (sulfide) groups is 1. The molecule has 0 aliphatic heterocycles. The number of anilines is 1. The van der Waals surface area contributed by atoms with Crippen molar-refractivity contribution >= 4 is 51.0 Å². The van der Waals surface area contributed by atoms with Crippen LogP contribution in [0.25, 0.3) is 5.69 Å². The Bertz CT molecular complexity index is 1360. The fourth-order valence-corrected chi connectivity index (χ4v) is 5.21. The highest BCUT2D eigenvalue weighted by Crippen LogP contribution is 2.31. The SMILES string of the molecule is Cc1ccccc1CSc1nnc(C(C)NC(=O)Nc2cccc(Br)c2)n1-c1cc(Cl)ccc1C. The average molecular weight is 571 g/mol. The highest BCUT2D eigenvalue weighted by Gasteiger charge is 2.22. The van der Waals surface area contributed by atoms with Crippen LogP contribution < -0.4 is 10.6 Å². The lowest BCUT2D eigenvalue weighted by Gasteiger charge is -2.18. The Hall–Kier alpha value is -2.81. The van der Waals surface area contributed by atoms with E-state index in [-0.39, 0.29) is 6.03 Å². The maximum Gasteiger partial charge on any atom is 0.319 e. The van der Waals surface area contributed by atoms with Crippen LogP contribution in [0.2, 0.25) is 5.02 Å². The zero-order chi connectivity index (χ0) is 24.9. The lowest BCUT2D eigenvalue weighted by atomic mass is 10.1. The Balaban J connectivity index is 1.62. The summed E-state index contributed by atoms with van der Waals surface area (Å²) >= 11 is 11.4. The minimum atomic E-state index is -0.416. The number of carbonyl (C=O) groups is 1. The van der Waals surface area contributed by atoms with E-state index in [9.17, 15) is 4.79 Å². The van der Waals surface area contributed by atoms with Crippen molar-refractivity contribution in [1.29, 1.82) is 0 Å². The normalized spacial score (nSPS) is 11.8. The van der Waals surface area contributed by atoms with Gasteiger partial charge in [0.15, 0.2) is 11.0 Å². The van der Waals surface area contributed by atoms with Crippen molar-refractivity contribution in [3.63, 3.8) is 0 Å². The molecule has 180 valence electrons. The second-order valence-corrected chi connectivity index (χ2v) is 10.4. The Morgan fingerprint density at radius 3 is 2.63 bits per heavy atom. The molecule has 4 rings (SSSR count). The molecule has 3 aromatic carbocycles. The predicted molar refractivity (Wildman–Crippen MR) is 147 cm³/mol. The van der Waals surface area contributed by atoms with Gasteiger partial charge < -0.3 is 10.6 Å². The molecule has 1 unspecified atom stereocenters. The molecule has 0 bridgehead atoms. The first kappa shape index (κ1) is 25.3. The molecule has 0 aliphatic carbocycles. The first-order valence-electron chi connectivity index (χ1n) is 11.0. The third kappa shape index (κ3) is 6.25. The Labute approximate surface area is 222 Å². The van der Waals surface area contributed by atoms with Crippen molar-refractivity contribution < 1.29 is 4.79 Å². The third-order valence-electron chi connectivity index (χ3n) is 5.51. The molecule has 0 radical (unpaired) electrons. The maximum absolute atomic E-state index is 12.7. The lowest BCUT2D eigenvalue weighted by Crippen LogP contribution is -2.32. The Morgan fingerprint density at radius 2 is 1.86 bits per heavy atom. The van der Waals surface area contributed by atoms with E-state index in [2.05, 4.69) is 55.8 Å². The maximum atomic E-state index is 12.7. The zero-order valence-electron chi connectivity index (χ0n) is 19.5. The molecule has 35 heavy (non-hydrogen) atoms. The van der Waals surface area contributed by atoms with Crippen molar-refractivity contribution in [3.05, 3.63) is 98.7 Å². The second kappa shape index (κ2) is 11.3. The van der Waals surface area contributed by atoms with E-state index in [1.807, 2.05) is 73.0 Å². The fraction of sp³-hybridized carbons (Fsp3) is 0.192. The minimum absolute atomic E-state index is 0.331. The van der Waals surface area contributed by atoms with E-state index in [0.29, 0.717) is 16.5 Å². The number of aryl methyl sites for hydroxylation is 2. The van der Waals surface area contributed by atoms with Crippen LogP contribution in [0.4, 0.5) is 10.5 Å². The summed E-state index contributed by atoms with van der Waals surface area (Å²) in [5.74, 6) is 1.36. The molecule has 0 saturated carbocycles. The lowest BCUT2D eigenvalue weighted by molar-refractivity contribution is 0.249. The topological polar surface area (TPSA) is 71.8 Å². The average Bonchev–Trinajstić information content (AvgIpc) is 3.24. The molecule has 0 saturated heterocycles. The number of carbonyl (C=O) groups excluding carboxylic acids is 1. The monoisotopic (exact) mass is 569 g/mol. The van der Waals surface area contributed by atoms with Gasteiger partial charge in [0.05, 0.1) is 11.7 Å². The summed E-state index contributed by atoms with van der Waals surface area (Å²) in [7, 11) is 0. The summed E-state index contributed by atoms with van der Waals surface area (Å²) in [5.41, 5.74) is 5.05. The summed E-state index contributed by atoms with van der Waals surface area (Å²) in [6.07, 6.45) is 0. The molecule has 9 heteroatoms. The number of hydrogen-bond acceptors (Lipinski definition) is 4. The first-order chi connectivity index (χ1) is 16.8. The largest absolute Gasteiger partial charge is 0.328 e. The van der Waals surface area contributed by atoms with Crippen LogP contribution in [0, 0.1) is 13.8 Å². The van der Waals surface area contributed by atoms with E-state index in [1.54, 1.807) is 11.8 Å². The van der Waals surface area contributed by atoms with E-state index in [1.165, 1.54) is 11.1 Å². The van der Waals surface area contributed by atoms with Gasteiger partial charge in [-0.3, -0.25) is 4.57 Å². The van der Waals surface area contributed by atoms with Crippen LogP contribution in [0.1, 0.15) is 35.5 Å². The van der Waals surface area contributed by atoms with Gasteiger partial charge in [0.25, 0.3) is 0 Å². The molecule has 0 aliphatic rings. The number of nitrogens with one attached hydrogen (secondary N) is 2. The fourth-order valence-electron chi connectivity index (χ4n) is 3.61. The molecule has 0 fully saturated rings. The number of hydrogen-bond donors (Lipinski definition) is 2. The quantitative estimate of drug-likeness (QED) is 0.226. The van der Waals surface area contributed by atoms with Crippen LogP contribution in [-0.2, 0) is 5.75 Å². The number of halogens is 2. The summed E-state index contributed by atoms with van der Waals surface area (Å²) < 4.78 is 2.86. The highest BCUT2D eigenvalue weighted by atomic mass is 79.9. The van der Waals surface area contributed by atoms with Crippen molar-refractivity contribution in [3.8, 4) is 5.69 Å². The van der Waals surface area contributed by atoms with E-state index >= 15 is 0 Å². The van der Waals surface area contributed by atoms with Crippen LogP contribution in [-0.4, -0.2) is 20.8 Å². The number of rotatable bonds is 7. The van der Waals surface area contributed by atoms with Crippen LogP contribution in [0.3, 0.4) is 0 Å². The van der Waals surface area contributed by atoms with E-state index in [4.69, 9.17) is 11.6 Å². The number of benzene rings is 3. The summed E-state index contributed by atoms with van der Waals surface area (Å²) in [5, 5.41) is 16.1. The number of nitrogens with zero attached hydrogens (tertiary/aromatic N) is 3. The smallest absolute Gasteiger partial charge is 0.319 e. The van der Waals surface area contributed by atoms with Crippen molar-refractivity contribution in [2.45, 2.75) is 37.7 Å². The second-order valence-electron chi connectivity index (χ2n) is 8.15. The Kier molecular flexibility index (Phi) is 8.15. The first-order valence-corrected chi connectivity index (χ1v) is 13.2. The van der Waals surface area contributed by atoms with Gasteiger partial charge in [-0.1, -0.05) is 75.7 Å². The van der Waals surface area contributed by atoms with E-state index < -0.39 is 6.04 Å². The number of amides is 2. The van der Waals surface area contributed by atoms with Crippen molar-refractivity contribution in [2.24, 2.45) is 0 Å².